The maximum atomic E-state index is 5.52. The smallest absolute Gasteiger partial charge is 0.231 e. The molecule has 0 aliphatic carbocycles. The van der Waals surface area contributed by atoms with Crippen molar-refractivity contribution in [1.82, 2.24) is 5.32 Å². The van der Waals surface area contributed by atoms with Gasteiger partial charge < -0.3 is 19.5 Å². The molecule has 1 aromatic rings. The minimum Gasteiger partial charge on any atom is -0.454 e. The Morgan fingerprint density at radius 3 is 2.75 bits per heavy atom. The van der Waals surface area contributed by atoms with Gasteiger partial charge in [0.25, 0.3) is 0 Å². The van der Waals surface area contributed by atoms with E-state index in [-0.39, 0.29) is 0 Å². The van der Waals surface area contributed by atoms with E-state index < -0.39 is 0 Å². The average Bonchev–Trinajstić information content (AvgIpc) is 2.88. The Labute approximate surface area is 128 Å². The standard InChI is InChI=1S/C15H22BrNO3/c1-2-3-6-18-7-4-5-17-10-12-8-14-15(9-13(12)16)20-11-19-14/h8-9,17H,2-7,10-11H2,1H3. The summed E-state index contributed by atoms with van der Waals surface area (Å²) in [5.41, 5.74) is 1.18. The molecule has 5 heteroatoms. The summed E-state index contributed by atoms with van der Waals surface area (Å²) in [5, 5.41) is 3.42. The number of hydrogen-bond acceptors (Lipinski definition) is 4. The molecule has 0 unspecified atom stereocenters. The van der Waals surface area contributed by atoms with Crippen LogP contribution in [0.4, 0.5) is 0 Å². The number of hydrogen-bond donors (Lipinski definition) is 1. The fourth-order valence-corrected chi connectivity index (χ4v) is 2.43. The highest BCUT2D eigenvalue weighted by molar-refractivity contribution is 9.10. The highest BCUT2D eigenvalue weighted by Gasteiger charge is 2.15. The van der Waals surface area contributed by atoms with Crippen LogP contribution >= 0.6 is 15.9 Å². The first-order valence-corrected chi connectivity index (χ1v) is 7.97. The second-order valence-corrected chi connectivity index (χ2v) is 5.65. The first-order valence-electron chi connectivity index (χ1n) is 7.17. The lowest BCUT2D eigenvalue weighted by molar-refractivity contribution is 0.128. The van der Waals surface area contributed by atoms with Crippen LogP contribution in [-0.4, -0.2) is 26.6 Å². The number of benzene rings is 1. The predicted octanol–water partition coefficient (Wildman–Crippen LogP) is 3.47. The topological polar surface area (TPSA) is 39.7 Å². The molecule has 0 atom stereocenters. The van der Waals surface area contributed by atoms with Crippen LogP contribution in [0.2, 0.25) is 0 Å². The SMILES string of the molecule is CCCCOCCCNCc1cc2c(cc1Br)OCO2. The molecular weight excluding hydrogens is 322 g/mol. The Kier molecular flexibility index (Phi) is 6.63. The molecule has 0 aromatic heterocycles. The van der Waals surface area contributed by atoms with Gasteiger partial charge in [-0.25, -0.2) is 0 Å². The van der Waals surface area contributed by atoms with Crippen molar-refractivity contribution in [3.05, 3.63) is 22.2 Å². The van der Waals surface area contributed by atoms with E-state index in [0.29, 0.717) is 6.79 Å². The van der Waals surface area contributed by atoms with E-state index in [1.54, 1.807) is 0 Å². The van der Waals surface area contributed by atoms with E-state index in [0.717, 1.165) is 55.1 Å². The van der Waals surface area contributed by atoms with Crippen molar-refractivity contribution < 1.29 is 14.2 Å². The molecule has 1 N–H and O–H groups in total. The maximum Gasteiger partial charge on any atom is 0.231 e. The van der Waals surface area contributed by atoms with Gasteiger partial charge in [0.1, 0.15) is 0 Å². The number of nitrogens with one attached hydrogen (secondary N) is 1. The summed E-state index contributed by atoms with van der Waals surface area (Å²) in [6.07, 6.45) is 3.37. The van der Waals surface area contributed by atoms with Crippen LogP contribution in [0.5, 0.6) is 11.5 Å². The van der Waals surface area contributed by atoms with E-state index in [2.05, 4.69) is 28.2 Å². The third-order valence-electron chi connectivity index (χ3n) is 3.14. The monoisotopic (exact) mass is 343 g/mol. The van der Waals surface area contributed by atoms with Crippen molar-refractivity contribution >= 4 is 15.9 Å². The summed E-state index contributed by atoms with van der Waals surface area (Å²) in [4.78, 5) is 0. The molecule has 20 heavy (non-hydrogen) atoms. The minimum atomic E-state index is 0.313. The normalized spacial score (nSPS) is 12.9. The van der Waals surface area contributed by atoms with Crippen molar-refractivity contribution in [3.63, 3.8) is 0 Å². The largest absolute Gasteiger partial charge is 0.454 e. The number of rotatable bonds is 9. The lowest BCUT2D eigenvalue weighted by atomic mass is 10.2. The lowest BCUT2D eigenvalue weighted by Gasteiger charge is -2.08. The lowest BCUT2D eigenvalue weighted by Crippen LogP contribution is -2.16. The predicted molar refractivity (Wildman–Crippen MR) is 82.3 cm³/mol. The van der Waals surface area contributed by atoms with Crippen LogP contribution in [0.1, 0.15) is 31.7 Å². The first kappa shape index (κ1) is 15.6. The van der Waals surface area contributed by atoms with Gasteiger partial charge in [0.05, 0.1) is 0 Å². The number of halogens is 1. The molecular formula is C15H22BrNO3. The quantitative estimate of drug-likeness (QED) is 0.697. The second kappa shape index (κ2) is 8.49. The van der Waals surface area contributed by atoms with Crippen molar-refractivity contribution in [3.8, 4) is 11.5 Å². The molecule has 0 spiro atoms. The Hall–Kier alpha value is -0.780. The van der Waals surface area contributed by atoms with Gasteiger partial charge in [0.15, 0.2) is 11.5 Å². The van der Waals surface area contributed by atoms with Crippen molar-refractivity contribution in [1.29, 1.82) is 0 Å². The van der Waals surface area contributed by atoms with Crippen molar-refractivity contribution in [2.75, 3.05) is 26.6 Å². The van der Waals surface area contributed by atoms with Gasteiger partial charge in [-0.3, -0.25) is 0 Å². The van der Waals surface area contributed by atoms with E-state index in [1.807, 2.05) is 12.1 Å². The summed E-state index contributed by atoms with van der Waals surface area (Å²) in [7, 11) is 0. The summed E-state index contributed by atoms with van der Waals surface area (Å²) in [5.74, 6) is 1.64. The number of ether oxygens (including phenoxy) is 3. The Morgan fingerprint density at radius 1 is 1.20 bits per heavy atom. The molecule has 0 saturated heterocycles. The Morgan fingerprint density at radius 2 is 1.95 bits per heavy atom. The van der Waals surface area contributed by atoms with Crippen LogP contribution in [-0.2, 0) is 11.3 Å². The zero-order chi connectivity index (χ0) is 14.2. The van der Waals surface area contributed by atoms with Crippen LogP contribution < -0.4 is 14.8 Å². The second-order valence-electron chi connectivity index (χ2n) is 4.79. The molecule has 0 amide bonds. The van der Waals surface area contributed by atoms with E-state index >= 15 is 0 Å². The highest BCUT2D eigenvalue weighted by Crippen LogP contribution is 2.36. The molecule has 1 heterocycles. The fourth-order valence-electron chi connectivity index (χ4n) is 1.97. The molecule has 1 aliphatic heterocycles. The molecule has 112 valence electrons. The van der Waals surface area contributed by atoms with Gasteiger partial charge in [-0.05, 0) is 37.1 Å². The average molecular weight is 344 g/mol. The maximum absolute atomic E-state index is 5.52. The number of fused-ring (bicyclic) bond motifs is 1. The molecule has 0 fully saturated rings. The number of unbranched alkanes of at least 4 members (excludes halogenated alkanes) is 1. The van der Waals surface area contributed by atoms with Gasteiger partial charge >= 0.3 is 0 Å². The van der Waals surface area contributed by atoms with Gasteiger partial charge in [0, 0.05) is 24.2 Å². The summed E-state index contributed by atoms with van der Waals surface area (Å²) in [6.45, 7) is 5.96. The van der Waals surface area contributed by atoms with Gasteiger partial charge in [-0.2, -0.15) is 0 Å². The third kappa shape index (κ3) is 4.65. The molecule has 4 nitrogen and oxygen atoms in total. The van der Waals surface area contributed by atoms with E-state index in [1.165, 1.54) is 12.0 Å². The van der Waals surface area contributed by atoms with Gasteiger partial charge in [-0.15, -0.1) is 0 Å². The highest BCUT2D eigenvalue weighted by atomic mass is 79.9. The fraction of sp³-hybridized carbons (Fsp3) is 0.600. The van der Waals surface area contributed by atoms with Gasteiger partial charge in [-0.1, -0.05) is 29.3 Å². The Bertz CT molecular complexity index is 426. The summed E-state index contributed by atoms with van der Waals surface area (Å²) < 4.78 is 17.3. The minimum absolute atomic E-state index is 0.313. The van der Waals surface area contributed by atoms with Gasteiger partial charge in [0.2, 0.25) is 6.79 Å². The summed E-state index contributed by atoms with van der Waals surface area (Å²) in [6, 6.07) is 3.99. The molecule has 1 aromatic carbocycles. The van der Waals surface area contributed by atoms with Crippen molar-refractivity contribution in [2.24, 2.45) is 0 Å². The third-order valence-corrected chi connectivity index (χ3v) is 3.88. The first-order chi connectivity index (χ1) is 9.81. The molecule has 2 rings (SSSR count). The zero-order valence-electron chi connectivity index (χ0n) is 11.9. The van der Waals surface area contributed by atoms with Crippen LogP contribution in [0.25, 0.3) is 0 Å². The van der Waals surface area contributed by atoms with Crippen LogP contribution in [0.15, 0.2) is 16.6 Å². The molecule has 0 radical (unpaired) electrons. The molecule has 1 aliphatic rings. The molecule has 0 saturated carbocycles. The van der Waals surface area contributed by atoms with Crippen LogP contribution in [0.3, 0.4) is 0 Å². The summed E-state index contributed by atoms with van der Waals surface area (Å²) >= 11 is 3.56. The Balaban J connectivity index is 1.64. The van der Waals surface area contributed by atoms with Crippen LogP contribution in [0, 0.1) is 0 Å². The van der Waals surface area contributed by atoms with E-state index in [4.69, 9.17) is 14.2 Å². The zero-order valence-corrected chi connectivity index (χ0v) is 13.5. The van der Waals surface area contributed by atoms with Crippen molar-refractivity contribution in [2.45, 2.75) is 32.7 Å². The van der Waals surface area contributed by atoms with E-state index in [9.17, 15) is 0 Å². The molecule has 0 bridgehead atoms.